The molecule has 1 aromatic rings. The van der Waals surface area contributed by atoms with Gasteiger partial charge in [0, 0.05) is 24.1 Å². The molecule has 8 heteroatoms. The molecule has 116 valence electrons. The number of benzene rings is 1. The Bertz CT molecular complexity index is 599. The van der Waals surface area contributed by atoms with E-state index in [2.05, 4.69) is 0 Å². The van der Waals surface area contributed by atoms with Crippen LogP contribution in [0.15, 0.2) is 29.2 Å². The Morgan fingerprint density at radius 1 is 1.43 bits per heavy atom. The lowest BCUT2D eigenvalue weighted by Gasteiger charge is -2.29. The number of hydrogen-bond donors (Lipinski definition) is 1. The van der Waals surface area contributed by atoms with E-state index in [4.69, 9.17) is 9.84 Å². The van der Waals surface area contributed by atoms with Crippen LogP contribution in [0.4, 0.5) is 0 Å². The van der Waals surface area contributed by atoms with Crippen LogP contribution in [0, 0.1) is 0 Å². The average Bonchev–Trinajstić information content (AvgIpc) is 2.45. The molecule has 0 aromatic heterocycles. The van der Waals surface area contributed by atoms with E-state index >= 15 is 0 Å². The molecule has 0 saturated carbocycles. The first-order chi connectivity index (χ1) is 9.89. The maximum atomic E-state index is 12.5. The molecule has 1 aliphatic heterocycles. The molecule has 1 aliphatic rings. The highest BCUT2D eigenvalue weighted by Gasteiger charge is 2.28. The Labute approximate surface area is 128 Å². The summed E-state index contributed by atoms with van der Waals surface area (Å²) in [4.78, 5) is 10.6. The summed E-state index contributed by atoms with van der Waals surface area (Å²) >= 11 is 1.76. The number of hydrogen-bond acceptors (Lipinski definition) is 5. The zero-order valence-corrected chi connectivity index (χ0v) is 13.2. The molecule has 6 nitrogen and oxygen atoms in total. The molecule has 2 rings (SSSR count). The van der Waals surface area contributed by atoms with Gasteiger partial charge in [0.05, 0.1) is 4.90 Å². The van der Waals surface area contributed by atoms with Crippen LogP contribution in [0.3, 0.4) is 0 Å². The Morgan fingerprint density at radius 2 is 2.10 bits per heavy atom. The minimum Gasteiger partial charge on any atom is -0.482 e. The SMILES string of the molecule is CC1CN(S(=O)(=O)c2ccc(OCC(=O)O)cc2)CCS1. The molecule has 1 aromatic carbocycles. The predicted octanol–water partition coefficient (Wildman–Crippen LogP) is 1.28. The fourth-order valence-corrected chi connectivity index (χ4v) is 4.76. The Hall–Kier alpha value is -1.25. The largest absolute Gasteiger partial charge is 0.482 e. The standard InChI is InChI=1S/C13H17NO5S2/c1-10-8-14(6-7-20-10)21(17,18)12-4-2-11(3-5-12)19-9-13(15)16/h2-5,10H,6-9H2,1H3,(H,15,16). The number of ether oxygens (including phenoxy) is 1. The summed E-state index contributed by atoms with van der Waals surface area (Å²) in [5.41, 5.74) is 0. The van der Waals surface area contributed by atoms with Crippen molar-refractivity contribution >= 4 is 27.8 Å². The molecule has 1 unspecified atom stereocenters. The number of carboxylic acid groups (broad SMARTS) is 1. The Balaban J connectivity index is 2.11. The molecule has 0 aliphatic carbocycles. The highest BCUT2D eigenvalue weighted by molar-refractivity contribution is 8.00. The lowest BCUT2D eigenvalue weighted by Crippen LogP contribution is -2.40. The molecule has 0 radical (unpaired) electrons. The first kappa shape index (κ1) is 16.1. The number of rotatable bonds is 5. The smallest absolute Gasteiger partial charge is 0.341 e. The molecule has 21 heavy (non-hydrogen) atoms. The topological polar surface area (TPSA) is 83.9 Å². The van der Waals surface area contributed by atoms with Crippen molar-refractivity contribution in [3.05, 3.63) is 24.3 Å². The van der Waals surface area contributed by atoms with Crippen LogP contribution in [0.5, 0.6) is 5.75 Å². The van der Waals surface area contributed by atoms with E-state index in [0.717, 1.165) is 5.75 Å². The van der Waals surface area contributed by atoms with Gasteiger partial charge >= 0.3 is 5.97 Å². The number of sulfonamides is 1. The van der Waals surface area contributed by atoms with Crippen molar-refractivity contribution in [3.8, 4) is 5.75 Å². The minimum atomic E-state index is -3.49. The maximum absolute atomic E-state index is 12.5. The molecule has 1 N–H and O–H groups in total. The van der Waals surface area contributed by atoms with Gasteiger partial charge in [0.1, 0.15) is 5.75 Å². The van der Waals surface area contributed by atoms with Gasteiger partial charge in [0.15, 0.2) is 6.61 Å². The summed E-state index contributed by atoms with van der Waals surface area (Å²) in [6.07, 6.45) is 0. The van der Waals surface area contributed by atoms with Gasteiger partial charge in [-0.05, 0) is 24.3 Å². The zero-order chi connectivity index (χ0) is 15.5. The first-order valence-corrected chi connectivity index (χ1v) is 8.95. The molecule has 1 atom stereocenters. The summed E-state index contributed by atoms with van der Waals surface area (Å²) in [5.74, 6) is 0.0469. The monoisotopic (exact) mass is 331 g/mol. The highest BCUT2D eigenvalue weighted by atomic mass is 32.2. The fraction of sp³-hybridized carbons (Fsp3) is 0.462. The normalized spacial score (nSPS) is 20.1. The van der Waals surface area contributed by atoms with Crippen molar-refractivity contribution in [3.63, 3.8) is 0 Å². The molecule has 0 spiro atoms. The number of aliphatic carboxylic acids is 1. The summed E-state index contributed by atoms with van der Waals surface area (Å²) in [6.45, 7) is 2.57. The van der Waals surface area contributed by atoms with Gasteiger partial charge in [-0.25, -0.2) is 13.2 Å². The Kier molecular flexibility index (Phi) is 5.13. The number of thioether (sulfide) groups is 1. The second kappa shape index (κ2) is 6.67. The number of carboxylic acids is 1. The van der Waals surface area contributed by atoms with Crippen LogP contribution in [0.25, 0.3) is 0 Å². The maximum Gasteiger partial charge on any atom is 0.341 e. The minimum absolute atomic E-state index is 0.198. The predicted molar refractivity (Wildman–Crippen MR) is 80.3 cm³/mol. The second-order valence-corrected chi connectivity index (χ2v) is 8.18. The third-order valence-electron chi connectivity index (χ3n) is 3.03. The lowest BCUT2D eigenvalue weighted by atomic mass is 10.3. The molecular weight excluding hydrogens is 314 g/mol. The molecular formula is C13H17NO5S2. The van der Waals surface area contributed by atoms with Gasteiger partial charge in [0.25, 0.3) is 0 Å². The van der Waals surface area contributed by atoms with E-state index in [1.165, 1.54) is 28.6 Å². The van der Waals surface area contributed by atoms with E-state index in [0.29, 0.717) is 18.8 Å². The van der Waals surface area contributed by atoms with E-state index in [1.807, 2.05) is 6.92 Å². The van der Waals surface area contributed by atoms with E-state index in [-0.39, 0.29) is 10.1 Å². The molecule has 1 heterocycles. The highest BCUT2D eigenvalue weighted by Crippen LogP contribution is 2.25. The number of nitrogens with zero attached hydrogens (tertiary/aromatic N) is 1. The molecule has 1 saturated heterocycles. The van der Waals surface area contributed by atoms with Gasteiger partial charge < -0.3 is 9.84 Å². The van der Waals surface area contributed by atoms with Crippen molar-refractivity contribution in [1.82, 2.24) is 4.31 Å². The lowest BCUT2D eigenvalue weighted by molar-refractivity contribution is -0.139. The summed E-state index contributed by atoms with van der Waals surface area (Å²) in [7, 11) is -3.49. The van der Waals surface area contributed by atoms with Crippen molar-refractivity contribution in [1.29, 1.82) is 0 Å². The first-order valence-electron chi connectivity index (χ1n) is 6.46. The van der Waals surface area contributed by atoms with Gasteiger partial charge in [-0.1, -0.05) is 6.92 Å². The quantitative estimate of drug-likeness (QED) is 0.875. The van der Waals surface area contributed by atoms with Crippen LogP contribution in [-0.2, 0) is 14.8 Å². The van der Waals surface area contributed by atoms with E-state index < -0.39 is 22.6 Å². The summed E-state index contributed by atoms with van der Waals surface area (Å²) < 4.78 is 31.5. The van der Waals surface area contributed by atoms with Crippen molar-refractivity contribution in [2.75, 3.05) is 25.4 Å². The van der Waals surface area contributed by atoms with Crippen LogP contribution in [0.2, 0.25) is 0 Å². The van der Waals surface area contributed by atoms with Gasteiger partial charge in [-0.15, -0.1) is 0 Å². The Morgan fingerprint density at radius 3 is 2.67 bits per heavy atom. The van der Waals surface area contributed by atoms with Gasteiger partial charge in [-0.3, -0.25) is 0 Å². The summed E-state index contributed by atoms with van der Waals surface area (Å²) in [5, 5.41) is 8.81. The fourth-order valence-electron chi connectivity index (χ4n) is 2.01. The van der Waals surface area contributed by atoms with Crippen LogP contribution in [0.1, 0.15) is 6.92 Å². The van der Waals surface area contributed by atoms with E-state index in [9.17, 15) is 13.2 Å². The van der Waals surface area contributed by atoms with Gasteiger partial charge in [0.2, 0.25) is 10.0 Å². The third-order valence-corrected chi connectivity index (χ3v) is 6.04. The number of carbonyl (C=O) groups is 1. The van der Waals surface area contributed by atoms with Gasteiger partial charge in [-0.2, -0.15) is 16.1 Å². The second-order valence-electron chi connectivity index (χ2n) is 4.70. The average molecular weight is 331 g/mol. The van der Waals surface area contributed by atoms with Crippen LogP contribution >= 0.6 is 11.8 Å². The third kappa shape index (κ3) is 4.12. The van der Waals surface area contributed by atoms with Crippen molar-refractivity contribution in [2.24, 2.45) is 0 Å². The van der Waals surface area contributed by atoms with Crippen LogP contribution in [-0.4, -0.2) is 54.5 Å². The van der Waals surface area contributed by atoms with E-state index in [1.54, 1.807) is 11.8 Å². The summed E-state index contributed by atoms with van der Waals surface area (Å²) in [6, 6.07) is 5.83. The van der Waals surface area contributed by atoms with Crippen LogP contribution < -0.4 is 4.74 Å². The zero-order valence-electron chi connectivity index (χ0n) is 11.6. The van der Waals surface area contributed by atoms with Crippen molar-refractivity contribution in [2.45, 2.75) is 17.1 Å². The molecule has 0 amide bonds. The van der Waals surface area contributed by atoms with Crippen molar-refractivity contribution < 1.29 is 23.1 Å². The molecule has 0 bridgehead atoms. The molecule has 1 fully saturated rings.